The molecule has 2 N–H and O–H groups in total. The number of nitrogens with two attached hydrogens (primary N) is 1. The van der Waals surface area contributed by atoms with Gasteiger partial charge in [-0.2, -0.15) is 4.98 Å². The van der Waals surface area contributed by atoms with Crippen LogP contribution in [0.15, 0.2) is 119 Å². The van der Waals surface area contributed by atoms with E-state index in [0.717, 1.165) is 16.7 Å². The lowest BCUT2D eigenvalue weighted by Crippen LogP contribution is -2.33. The second kappa shape index (κ2) is 9.68. The first-order chi connectivity index (χ1) is 17.1. The molecule has 0 saturated carbocycles. The molecule has 0 bridgehead atoms. The number of aromatic nitrogens is 2. The van der Waals surface area contributed by atoms with E-state index in [1.807, 2.05) is 91.0 Å². The molecule has 3 aromatic carbocycles. The number of allylic oxidation sites excluding steroid dienone is 1. The highest BCUT2D eigenvalue weighted by Crippen LogP contribution is 2.43. The number of benzene rings is 3. The summed E-state index contributed by atoms with van der Waals surface area (Å²) in [5, 5.41) is 0. The summed E-state index contributed by atoms with van der Waals surface area (Å²) in [5.74, 6) is -0.225. The fraction of sp³-hybridized carbons (Fsp3) is 0.172. The van der Waals surface area contributed by atoms with E-state index in [-0.39, 0.29) is 18.3 Å². The summed E-state index contributed by atoms with van der Waals surface area (Å²) in [5.41, 5.74) is 7.51. The quantitative estimate of drug-likeness (QED) is 0.370. The molecule has 4 aromatic rings. The van der Waals surface area contributed by atoms with E-state index in [4.69, 9.17) is 10.5 Å². The number of ether oxygens (including phenoxy) is 1. The first-order valence-electron chi connectivity index (χ1n) is 11.6. The standard InChI is InChI=1S/C29H26FN3O2/c30-27-21(16-17-25(27)33-19-18-26(31)32-28(33)34)20-35-29(22-10-4-1-5-11-22,23-12-6-2-7-13-23)24-14-8-3-9-15-24/h1-15,18-19,25H,16-17,20H2,(H2,31,32,34)/t25-/m0/s1. The molecule has 0 unspecified atom stereocenters. The molecule has 0 aliphatic heterocycles. The second-order valence-electron chi connectivity index (χ2n) is 8.62. The summed E-state index contributed by atoms with van der Waals surface area (Å²) < 4.78 is 23.6. The third-order valence-corrected chi connectivity index (χ3v) is 6.54. The Bertz CT molecular complexity index is 1290. The highest BCUT2D eigenvalue weighted by Gasteiger charge is 2.39. The zero-order valence-electron chi connectivity index (χ0n) is 19.2. The third-order valence-electron chi connectivity index (χ3n) is 6.54. The Morgan fingerprint density at radius 1 is 0.886 bits per heavy atom. The molecule has 0 spiro atoms. The van der Waals surface area contributed by atoms with Crippen molar-refractivity contribution >= 4 is 5.82 Å². The van der Waals surface area contributed by atoms with Crippen molar-refractivity contribution in [2.45, 2.75) is 24.5 Å². The predicted molar refractivity (Wildman–Crippen MR) is 134 cm³/mol. The second-order valence-corrected chi connectivity index (χ2v) is 8.62. The van der Waals surface area contributed by atoms with Gasteiger partial charge in [-0.15, -0.1) is 0 Å². The summed E-state index contributed by atoms with van der Waals surface area (Å²) in [4.78, 5) is 16.0. The highest BCUT2D eigenvalue weighted by atomic mass is 19.1. The van der Waals surface area contributed by atoms with Gasteiger partial charge < -0.3 is 10.5 Å². The Balaban J connectivity index is 1.56. The monoisotopic (exact) mass is 467 g/mol. The van der Waals surface area contributed by atoms with Gasteiger partial charge in [0.1, 0.15) is 17.2 Å². The van der Waals surface area contributed by atoms with Gasteiger partial charge in [0.25, 0.3) is 0 Å². The average Bonchev–Trinajstić information content (AvgIpc) is 3.26. The fourth-order valence-electron chi connectivity index (χ4n) is 4.82. The molecule has 1 aliphatic carbocycles. The largest absolute Gasteiger partial charge is 0.383 e. The van der Waals surface area contributed by atoms with Gasteiger partial charge in [-0.1, -0.05) is 91.0 Å². The molecule has 0 amide bonds. The summed E-state index contributed by atoms with van der Waals surface area (Å²) in [6, 6.07) is 30.7. The number of halogens is 1. The lowest BCUT2D eigenvalue weighted by atomic mass is 9.80. The van der Waals surface area contributed by atoms with Gasteiger partial charge in [0, 0.05) is 6.20 Å². The Labute approximate surface area is 203 Å². The Morgan fingerprint density at radius 3 is 1.89 bits per heavy atom. The summed E-state index contributed by atoms with van der Waals surface area (Å²) in [6.07, 6.45) is 2.45. The summed E-state index contributed by atoms with van der Waals surface area (Å²) in [7, 11) is 0. The van der Waals surface area contributed by atoms with E-state index >= 15 is 4.39 Å². The molecular formula is C29H26FN3O2. The van der Waals surface area contributed by atoms with Crippen LogP contribution in [-0.2, 0) is 10.3 Å². The first-order valence-corrected chi connectivity index (χ1v) is 11.6. The van der Waals surface area contributed by atoms with Crippen LogP contribution in [0.5, 0.6) is 0 Å². The maximum Gasteiger partial charge on any atom is 0.350 e. The van der Waals surface area contributed by atoms with Crippen molar-refractivity contribution in [1.29, 1.82) is 0 Å². The van der Waals surface area contributed by atoms with Crippen molar-refractivity contribution in [2.24, 2.45) is 0 Å². The van der Waals surface area contributed by atoms with E-state index < -0.39 is 17.3 Å². The average molecular weight is 468 g/mol. The van der Waals surface area contributed by atoms with Crippen LogP contribution in [0.2, 0.25) is 0 Å². The summed E-state index contributed by atoms with van der Waals surface area (Å²) >= 11 is 0. The molecule has 35 heavy (non-hydrogen) atoms. The zero-order valence-corrected chi connectivity index (χ0v) is 19.2. The van der Waals surface area contributed by atoms with Gasteiger partial charge in [0.2, 0.25) is 0 Å². The van der Waals surface area contributed by atoms with Crippen LogP contribution < -0.4 is 11.4 Å². The molecule has 1 heterocycles. The number of nitrogens with zero attached hydrogens (tertiary/aromatic N) is 2. The van der Waals surface area contributed by atoms with E-state index in [2.05, 4.69) is 4.98 Å². The maximum atomic E-state index is 15.6. The van der Waals surface area contributed by atoms with Gasteiger partial charge in [0.05, 0.1) is 12.6 Å². The lowest BCUT2D eigenvalue weighted by molar-refractivity contribution is 0.0264. The van der Waals surface area contributed by atoms with Crippen molar-refractivity contribution in [1.82, 2.24) is 9.55 Å². The number of hydrogen-bond acceptors (Lipinski definition) is 4. The third kappa shape index (κ3) is 4.29. The Hall–Kier alpha value is -4.03. The molecule has 0 radical (unpaired) electrons. The number of nitrogen functional groups attached to an aromatic ring is 1. The van der Waals surface area contributed by atoms with Gasteiger partial charge >= 0.3 is 5.69 Å². The topological polar surface area (TPSA) is 70.1 Å². The van der Waals surface area contributed by atoms with Crippen LogP contribution in [0.4, 0.5) is 10.2 Å². The Morgan fingerprint density at radius 2 is 1.40 bits per heavy atom. The van der Waals surface area contributed by atoms with E-state index in [1.54, 1.807) is 0 Å². The molecule has 1 aromatic heterocycles. The van der Waals surface area contributed by atoms with Crippen LogP contribution in [0.3, 0.4) is 0 Å². The first kappa shape index (κ1) is 22.7. The molecule has 5 rings (SSSR count). The van der Waals surface area contributed by atoms with Crippen LogP contribution in [0, 0.1) is 0 Å². The van der Waals surface area contributed by atoms with Crippen molar-refractivity contribution in [3.05, 3.63) is 142 Å². The highest BCUT2D eigenvalue weighted by molar-refractivity contribution is 5.47. The van der Waals surface area contributed by atoms with Crippen molar-refractivity contribution in [3.63, 3.8) is 0 Å². The van der Waals surface area contributed by atoms with E-state index in [9.17, 15) is 4.79 Å². The number of hydrogen-bond donors (Lipinski definition) is 1. The smallest absolute Gasteiger partial charge is 0.350 e. The predicted octanol–water partition coefficient (Wildman–Crippen LogP) is 5.39. The minimum Gasteiger partial charge on any atom is -0.383 e. The molecule has 1 aliphatic rings. The fourth-order valence-corrected chi connectivity index (χ4v) is 4.82. The maximum absolute atomic E-state index is 15.6. The Kier molecular flexibility index (Phi) is 6.29. The van der Waals surface area contributed by atoms with Crippen molar-refractivity contribution in [2.75, 3.05) is 12.3 Å². The molecular weight excluding hydrogens is 441 g/mol. The minimum atomic E-state index is -0.936. The van der Waals surface area contributed by atoms with Gasteiger partial charge in [-0.05, 0) is 41.2 Å². The molecule has 6 heteroatoms. The van der Waals surface area contributed by atoms with Crippen molar-refractivity contribution < 1.29 is 9.13 Å². The van der Waals surface area contributed by atoms with Crippen LogP contribution in [0.25, 0.3) is 0 Å². The zero-order chi connectivity index (χ0) is 24.3. The molecule has 5 nitrogen and oxygen atoms in total. The molecule has 0 fully saturated rings. The van der Waals surface area contributed by atoms with Crippen molar-refractivity contribution in [3.8, 4) is 0 Å². The van der Waals surface area contributed by atoms with Crippen LogP contribution in [0.1, 0.15) is 35.6 Å². The molecule has 1 atom stereocenters. The van der Waals surface area contributed by atoms with E-state index in [0.29, 0.717) is 18.4 Å². The molecule has 0 saturated heterocycles. The van der Waals surface area contributed by atoms with Crippen LogP contribution in [-0.4, -0.2) is 16.2 Å². The summed E-state index contributed by atoms with van der Waals surface area (Å²) in [6.45, 7) is 0.0815. The minimum absolute atomic E-state index is 0.0815. The number of rotatable bonds is 7. The molecule has 176 valence electrons. The normalized spacial score (nSPS) is 16.0. The van der Waals surface area contributed by atoms with E-state index in [1.165, 1.54) is 16.8 Å². The van der Waals surface area contributed by atoms with Gasteiger partial charge in [-0.25, -0.2) is 9.18 Å². The SMILES string of the molecule is Nc1ccn([C@H]2CCC(COC(c3ccccc3)(c3ccccc3)c3ccccc3)=C2F)c(=O)n1. The number of anilines is 1. The van der Waals surface area contributed by atoms with Gasteiger partial charge in [0.15, 0.2) is 0 Å². The van der Waals surface area contributed by atoms with Crippen LogP contribution >= 0.6 is 0 Å². The van der Waals surface area contributed by atoms with Gasteiger partial charge in [-0.3, -0.25) is 4.57 Å². The lowest BCUT2D eigenvalue weighted by Gasteiger charge is -2.36.